The van der Waals surface area contributed by atoms with E-state index in [1.165, 1.54) is 0 Å². The Kier molecular flexibility index (Phi) is 11.7. The molecule has 0 aliphatic rings. The van der Waals surface area contributed by atoms with Crippen molar-refractivity contribution in [2.24, 2.45) is 0 Å². The maximum atomic E-state index is 14.7. The third kappa shape index (κ3) is 9.08. The van der Waals surface area contributed by atoms with Crippen molar-refractivity contribution in [2.75, 3.05) is 50.0 Å². The molecule has 0 aromatic heterocycles. The van der Waals surface area contributed by atoms with Gasteiger partial charge in [0.05, 0.1) is 0 Å². The third-order valence-corrected chi connectivity index (χ3v) is 4.78. The van der Waals surface area contributed by atoms with Gasteiger partial charge in [0.2, 0.25) is 0 Å². The lowest BCUT2D eigenvalue weighted by Gasteiger charge is -2.34. The zero-order valence-corrected chi connectivity index (χ0v) is 16.3. The molecule has 23 heavy (non-hydrogen) atoms. The molecule has 4 N–H and O–H groups in total. The van der Waals surface area contributed by atoms with E-state index in [0.717, 1.165) is 0 Å². The average Bonchev–Trinajstić information content (AvgIpc) is 2.56. The number of nitrogens with one attached hydrogen (secondary N) is 4. The molecule has 0 bridgehead atoms. The van der Waals surface area contributed by atoms with Gasteiger partial charge in [-0.25, -0.2) is 13.2 Å². The van der Waals surface area contributed by atoms with Crippen LogP contribution in [0.3, 0.4) is 0 Å². The van der Waals surface area contributed by atoms with Gasteiger partial charge in [0, 0.05) is 36.9 Å². The summed E-state index contributed by atoms with van der Waals surface area (Å²) >= 11 is 11.8. The van der Waals surface area contributed by atoms with E-state index >= 15 is 0 Å². The number of rotatable bonds is 14. The molecule has 0 spiro atoms. The van der Waals surface area contributed by atoms with Crippen molar-refractivity contribution >= 4 is 37.9 Å². The summed E-state index contributed by atoms with van der Waals surface area (Å²) in [4.78, 5) is 0. The quantitative estimate of drug-likeness (QED) is 0.179. The van der Waals surface area contributed by atoms with Gasteiger partial charge in [-0.15, -0.1) is 0 Å². The predicted molar refractivity (Wildman–Crippen MR) is 101 cm³/mol. The summed E-state index contributed by atoms with van der Waals surface area (Å²) in [6.07, 6.45) is 0. The van der Waals surface area contributed by atoms with Crippen LogP contribution in [0, 0.1) is 0 Å². The van der Waals surface area contributed by atoms with E-state index in [0.29, 0.717) is 13.1 Å². The molecule has 0 radical (unpaired) electrons. The Morgan fingerprint density at radius 2 is 1.04 bits per heavy atom. The molecular formula is C13H29F3N4S3. The highest BCUT2D eigenvalue weighted by atomic mass is 32.1. The Labute approximate surface area is 153 Å². The number of thiol groups is 3. The highest BCUT2D eigenvalue weighted by Crippen LogP contribution is 2.16. The predicted octanol–water partition coefficient (Wildman–Crippen LogP) is 1.17. The van der Waals surface area contributed by atoms with Gasteiger partial charge in [0.25, 0.3) is 0 Å². The Hall–Kier alpha value is 0.680. The van der Waals surface area contributed by atoms with Gasteiger partial charge in [-0.2, -0.15) is 37.9 Å². The molecule has 0 aromatic carbocycles. The molecule has 140 valence electrons. The zero-order valence-electron chi connectivity index (χ0n) is 13.6. The van der Waals surface area contributed by atoms with E-state index in [4.69, 9.17) is 0 Å². The summed E-state index contributed by atoms with van der Waals surface area (Å²) < 4.78 is 43.5. The van der Waals surface area contributed by atoms with Gasteiger partial charge in [-0.05, 0) is 13.1 Å². The minimum absolute atomic E-state index is 0.00324. The number of halogens is 3. The van der Waals surface area contributed by atoms with Gasteiger partial charge >= 0.3 is 0 Å². The molecule has 0 saturated heterocycles. The molecule has 3 atom stereocenters. The second-order valence-corrected chi connectivity index (χ2v) is 6.34. The molecule has 1 unspecified atom stereocenters. The number of likely N-dealkylation sites (N-methyl/N-ethyl adjacent to an activating group) is 2. The monoisotopic (exact) mass is 394 g/mol. The van der Waals surface area contributed by atoms with Crippen LogP contribution in [0.25, 0.3) is 0 Å². The molecule has 4 nitrogen and oxygen atoms in total. The van der Waals surface area contributed by atoms with Crippen LogP contribution >= 0.6 is 37.9 Å². The molecule has 0 aromatic rings. The van der Waals surface area contributed by atoms with Crippen molar-refractivity contribution in [3.05, 3.63) is 0 Å². The topological polar surface area (TPSA) is 48.1 Å². The molecule has 0 saturated carbocycles. The molecule has 0 fully saturated rings. The lowest BCUT2D eigenvalue weighted by Crippen LogP contribution is -2.62. The van der Waals surface area contributed by atoms with E-state index < -0.39 is 17.4 Å². The van der Waals surface area contributed by atoms with E-state index in [1.54, 1.807) is 6.92 Å². The first-order valence-corrected chi connectivity index (χ1v) is 9.47. The van der Waals surface area contributed by atoms with Crippen molar-refractivity contribution in [3.63, 3.8) is 0 Å². The zero-order chi connectivity index (χ0) is 18.0. The number of hydrogen-bond acceptors (Lipinski definition) is 7. The van der Waals surface area contributed by atoms with Crippen molar-refractivity contribution in [1.82, 2.24) is 21.3 Å². The summed E-state index contributed by atoms with van der Waals surface area (Å²) in [6, 6.07) is 0. The highest BCUT2D eigenvalue weighted by Gasteiger charge is 2.37. The summed E-state index contributed by atoms with van der Waals surface area (Å²) in [7, 11) is 0. The largest absolute Gasteiger partial charge is 0.313 e. The summed E-state index contributed by atoms with van der Waals surface area (Å²) in [5, 5.41) is 10.4. The molecular weight excluding hydrogens is 365 g/mol. The summed E-state index contributed by atoms with van der Waals surface area (Å²) in [6.45, 7) is 3.87. The second kappa shape index (κ2) is 11.3. The lowest BCUT2D eigenvalue weighted by atomic mass is 10.2. The van der Waals surface area contributed by atoms with Gasteiger partial charge < -0.3 is 5.32 Å². The van der Waals surface area contributed by atoms with Crippen LogP contribution in [0.15, 0.2) is 0 Å². The Morgan fingerprint density at radius 3 is 1.39 bits per heavy atom. The normalized spacial score (nSPS) is 19.8. The SMILES string of the molecule is CCNC[C@@](F)(CS)NCC(F)(CS)NC[C@@](F)(CS)NCC. The lowest BCUT2D eigenvalue weighted by molar-refractivity contribution is 0.0570. The van der Waals surface area contributed by atoms with Crippen LogP contribution in [0.4, 0.5) is 13.2 Å². The van der Waals surface area contributed by atoms with Crippen molar-refractivity contribution in [1.29, 1.82) is 0 Å². The van der Waals surface area contributed by atoms with E-state index in [1.807, 2.05) is 6.92 Å². The average molecular weight is 395 g/mol. The number of alkyl halides is 3. The van der Waals surface area contributed by atoms with E-state index in [-0.39, 0.29) is 36.9 Å². The second-order valence-electron chi connectivity index (χ2n) is 5.39. The highest BCUT2D eigenvalue weighted by molar-refractivity contribution is 7.80. The molecule has 0 aliphatic carbocycles. The van der Waals surface area contributed by atoms with Crippen LogP contribution in [-0.4, -0.2) is 67.4 Å². The van der Waals surface area contributed by atoms with Crippen LogP contribution < -0.4 is 21.3 Å². The Balaban J connectivity index is 4.64. The maximum Gasteiger partial charge on any atom is 0.183 e. The molecule has 0 amide bonds. The van der Waals surface area contributed by atoms with Gasteiger partial charge in [-0.3, -0.25) is 16.0 Å². The van der Waals surface area contributed by atoms with Gasteiger partial charge in [-0.1, -0.05) is 13.8 Å². The fourth-order valence-corrected chi connectivity index (χ4v) is 2.43. The van der Waals surface area contributed by atoms with E-state index in [9.17, 15) is 13.2 Å². The van der Waals surface area contributed by atoms with Crippen LogP contribution in [-0.2, 0) is 0 Å². The minimum Gasteiger partial charge on any atom is -0.313 e. The maximum absolute atomic E-state index is 14.7. The molecule has 0 aliphatic heterocycles. The van der Waals surface area contributed by atoms with Gasteiger partial charge in [0.15, 0.2) is 17.4 Å². The van der Waals surface area contributed by atoms with Crippen molar-refractivity contribution in [3.8, 4) is 0 Å². The molecule has 0 heterocycles. The first-order valence-electron chi connectivity index (χ1n) is 7.57. The van der Waals surface area contributed by atoms with Crippen LogP contribution in [0.1, 0.15) is 13.8 Å². The van der Waals surface area contributed by atoms with Crippen LogP contribution in [0.5, 0.6) is 0 Å². The van der Waals surface area contributed by atoms with Crippen molar-refractivity contribution in [2.45, 2.75) is 31.2 Å². The first-order chi connectivity index (χ1) is 10.7. The fraction of sp³-hybridized carbons (Fsp3) is 1.00. The Bertz CT molecular complexity index is 333. The van der Waals surface area contributed by atoms with Gasteiger partial charge in [0.1, 0.15) is 0 Å². The van der Waals surface area contributed by atoms with Crippen LogP contribution in [0.2, 0.25) is 0 Å². The minimum atomic E-state index is -2.06. The van der Waals surface area contributed by atoms with Crippen molar-refractivity contribution < 1.29 is 13.2 Å². The van der Waals surface area contributed by atoms with E-state index in [2.05, 4.69) is 59.2 Å². The first kappa shape index (κ1) is 23.7. The summed E-state index contributed by atoms with van der Waals surface area (Å²) in [5.74, 6) is -6.25. The molecule has 10 heteroatoms. The summed E-state index contributed by atoms with van der Waals surface area (Å²) in [5.41, 5.74) is 0. The molecule has 0 rings (SSSR count). The number of hydrogen-bond donors (Lipinski definition) is 7. The third-order valence-electron chi connectivity index (χ3n) is 3.27. The standard InChI is InChI=1S/C13H29F3N4S3/c1-3-17-5-11(14,8-21)19-7-13(16,10-23)20-6-12(15,9-22)18-4-2/h17-23H,3-10H2,1-2H3/t11-,12-,13?/m0/s1. The Morgan fingerprint density at radius 1 is 0.652 bits per heavy atom. The smallest absolute Gasteiger partial charge is 0.183 e. The fourth-order valence-electron chi connectivity index (χ4n) is 1.76.